The molecule has 9 heteroatoms. The molecule has 0 aliphatic rings. The molecule has 0 aliphatic heterocycles. The van der Waals surface area contributed by atoms with Gasteiger partial charge in [0.2, 0.25) is 0 Å². The van der Waals surface area contributed by atoms with Crippen molar-refractivity contribution < 1.29 is 35.9 Å². The Morgan fingerprint density at radius 2 is 1.75 bits per heavy atom. The van der Waals surface area contributed by atoms with Gasteiger partial charge in [-0.15, -0.1) is 24.8 Å². The zero-order valence-electron chi connectivity index (χ0n) is 9.61. The van der Waals surface area contributed by atoms with Crippen LogP contribution in [0.3, 0.4) is 0 Å². The molecular weight excluding hydrogens is 314 g/mol. The zero-order valence-corrected chi connectivity index (χ0v) is 10.4. The van der Waals surface area contributed by atoms with Gasteiger partial charge in [0.1, 0.15) is 11.3 Å². The molecule has 2 nitrogen and oxygen atoms in total. The number of hydrogen-bond acceptors (Lipinski definition) is 2. The maximum absolute atomic E-state index is 12.8. The molecule has 0 amide bonds. The second-order valence-electron chi connectivity index (χ2n) is 3.68. The number of ketones is 1. The van der Waals surface area contributed by atoms with Gasteiger partial charge in [0.15, 0.2) is 5.78 Å². The third-order valence-electron chi connectivity index (χ3n) is 2.16. The Morgan fingerprint density at radius 3 is 2.20 bits per heavy atom. The summed E-state index contributed by atoms with van der Waals surface area (Å²) < 4.78 is 78.2. The standard InChI is InChI=1S/C11H7ClF6O2/c12-5-7(19)4-6-2-1-3-8(20-11(16,17)18)9(6)10(13,14)15/h1-3H,4-5H2. The molecule has 0 N–H and O–H groups in total. The molecule has 0 unspecified atom stereocenters. The first-order chi connectivity index (χ1) is 9.04. The highest BCUT2D eigenvalue weighted by Gasteiger charge is 2.41. The molecule has 0 aliphatic carbocycles. The highest BCUT2D eigenvalue weighted by molar-refractivity contribution is 6.27. The molecule has 0 bridgehead atoms. The first kappa shape index (κ1) is 16.6. The average molecular weight is 321 g/mol. The maximum atomic E-state index is 12.8. The Kier molecular flexibility index (Phi) is 4.90. The third-order valence-corrected chi connectivity index (χ3v) is 2.46. The summed E-state index contributed by atoms with van der Waals surface area (Å²) in [6, 6.07) is 2.37. The molecular formula is C11H7ClF6O2. The smallest absolute Gasteiger partial charge is 0.405 e. The Balaban J connectivity index is 3.31. The summed E-state index contributed by atoms with van der Waals surface area (Å²) >= 11 is 5.17. The van der Waals surface area contributed by atoms with Crippen molar-refractivity contribution >= 4 is 17.4 Å². The first-order valence-corrected chi connectivity index (χ1v) is 5.60. The van der Waals surface area contributed by atoms with Gasteiger partial charge in [-0.25, -0.2) is 0 Å². The Labute approximate surface area is 114 Å². The highest BCUT2D eigenvalue weighted by atomic mass is 35.5. The van der Waals surface area contributed by atoms with Crippen molar-refractivity contribution in [3.63, 3.8) is 0 Å². The number of Topliss-reactive ketones (excluding diaryl/α,β-unsaturated/α-hetero) is 1. The third kappa shape index (κ3) is 4.59. The maximum Gasteiger partial charge on any atom is 0.573 e. The van der Waals surface area contributed by atoms with E-state index < -0.39 is 47.5 Å². The van der Waals surface area contributed by atoms with E-state index in [-0.39, 0.29) is 0 Å². The van der Waals surface area contributed by atoms with E-state index in [1.165, 1.54) is 0 Å². The van der Waals surface area contributed by atoms with E-state index in [4.69, 9.17) is 11.6 Å². The molecule has 0 spiro atoms. The van der Waals surface area contributed by atoms with Crippen LogP contribution in [0.2, 0.25) is 0 Å². The van der Waals surface area contributed by atoms with E-state index in [1.54, 1.807) is 0 Å². The van der Waals surface area contributed by atoms with Gasteiger partial charge in [0.25, 0.3) is 0 Å². The lowest BCUT2D eigenvalue weighted by Crippen LogP contribution is -2.21. The number of ether oxygens (including phenoxy) is 1. The van der Waals surface area contributed by atoms with E-state index in [2.05, 4.69) is 4.74 Å². The van der Waals surface area contributed by atoms with Gasteiger partial charge in [-0.1, -0.05) is 12.1 Å². The SMILES string of the molecule is O=C(CCl)Cc1cccc(OC(F)(F)F)c1C(F)(F)F. The van der Waals surface area contributed by atoms with E-state index in [9.17, 15) is 31.1 Å². The molecule has 0 saturated carbocycles. The minimum atomic E-state index is -5.27. The number of alkyl halides is 7. The zero-order chi connectivity index (χ0) is 15.6. The van der Waals surface area contributed by atoms with Crippen LogP contribution in [0, 0.1) is 0 Å². The van der Waals surface area contributed by atoms with Crippen molar-refractivity contribution in [2.75, 3.05) is 5.88 Å². The molecule has 20 heavy (non-hydrogen) atoms. The number of rotatable bonds is 4. The second kappa shape index (κ2) is 5.90. The molecule has 1 rings (SSSR count). The minimum absolute atomic E-state index is 0.533. The van der Waals surface area contributed by atoms with Crippen molar-refractivity contribution in [2.45, 2.75) is 19.0 Å². The average Bonchev–Trinajstić information content (AvgIpc) is 2.25. The highest BCUT2D eigenvalue weighted by Crippen LogP contribution is 2.40. The van der Waals surface area contributed by atoms with Crippen LogP contribution in [-0.4, -0.2) is 18.0 Å². The lowest BCUT2D eigenvalue weighted by molar-refractivity contribution is -0.276. The van der Waals surface area contributed by atoms with E-state index >= 15 is 0 Å². The largest absolute Gasteiger partial charge is 0.573 e. The van der Waals surface area contributed by atoms with Crippen molar-refractivity contribution in [3.05, 3.63) is 29.3 Å². The normalized spacial score (nSPS) is 12.3. The Morgan fingerprint density at radius 1 is 1.15 bits per heavy atom. The quantitative estimate of drug-likeness (QED) is 0.620. The van der Waals surface area contributed by atoms with Gasteiger partial charge < -0.3 is 4.74 Å². The molecule has 0 atom stereocenters. The molecule has 0 radical (unpaired) electrons. The minimum Gasteiger partial charge on any atom is -0.405 e. The number of benzene rings is 1. The Hall–Kier alpha value is -1.44. The molecule has 0 heterocycles. The molecule has 0 fully saturated rings. The number of carbonyl (C=O) groups excluding carboxylic acids is 1. The molecule has 0 aromatic heterocycles. The van der Waals surface area contributed by atoms with Crippen LogP contribution in [0.15, 0.2) is 18.2 Å². The second-order valence-corrected chi connectivity index (χ2v) is 3.95. The van der Waals surface area contributed by atoms with Gasteiger partial charge in [-0.2, -0.15) is 13.2 Å². The number of hydrogen-bond donors (Lipinski definition) is 0. The van der Waals surface area contributed by atoms with Crippen LogP contribution in [0.25, 0.3) is 0 Å². The van der Waals surface area contributed by atoms with Crippen LogP contribution < -0.4 is 4.74 Å². The van der Waals surface area contributed by atoms with Crippen molar-refractivity contribution in [2.24, 2.45) is 0 Å². The van der Waals surface area contributed by atoms with Gasteiger partial charge in [-0.05, 0) is 11.6 Å². The van der Waals surface area contributed by atoms with Gasteiger partial charge in [-0.3, -0.25) is 4.79 Å². The van der Waals surface area contributed by atoms with E-state index in [1.807, 2.05) is 0 Å². The summed E-state index contributed by atoms with van der Waals surface area (Å²) in [6.45, 7) is 0. The fourth-order valence-electron chi connectivity index (χ4n) is 1.52. The Bertz CT molecular complexity index is 495. The lowest BCUT2D eigenvalue weighted by atomic mass is 10.0. The van der Waals surface area contributed by atoms with Crippen molar-refractivity contribution in [1.29, 1.82) is 0 Å². The lowest BCUT2D eigenvalue weighted by Gasteiger charge is -2.18. The summed E-state index contributed by atoms with van der Waals surface area (Å²) in [5.41, 5.74) is -2.25. The monoisotopic (exact) mass is 320 g/mol. The summed E-state index contributed by atoms with van der Waals surface area (Å²) in [7, 11) is 0. The van der Waals surface area contributed by atoms with Gasteiger partial charge >= 0.3 is 12.5 Å². The summed E-state index contributed by atoms with van der Waals surface area (Å²) in [6.07, 6.45) is -11.1. The van der Waals surface area contributed by atoms with Crippen LogP contribution in [-0.2, 0) is 17.4 Å². The molecule has 1 aromatic carbocycles. The molecule has 0 saturated heterocycles. The van der Waals surface area contributed by atoms with E-state index in [0.717, 1.165) is 12.1 Å². The van der Waals surface area contributed by atoms with Crippen LogP contribution in [0.4, 0.5) is 26.3 Å². The van der Waals surface area contributed by atoms with Crippen molar-refractivity contribution in [3.8, 4) is 5.75 Å². The summed E-state index contributed by atoms with van der Waals surface area (Å²) in [5.74, 6) is -2.69. The predicted octanol–water partition coefficient (Wildman–Crippen LogP) is 3.95. The van der Waals surface area contributed by atoms with Crippen LogP contribution >= 0.6 is 11.6 Å². The van der Waals surface area contributed by atoms with Crippen LogP contribution in [0.5, 0.6) is 5.75 Å². The topological polar surface area (TPSA) is 26.3 Å². The van der Waals surface area contributed by atoms with Crippen molar-refractivity contribution in [1.82, 2.24) is 0 Å². The van der Waals surface area contributed by atoms with Gasteiger partial charge in [0.05, 0.1) is 5.88 Å². The predicted molar refractivity (Wildman–Crippen MR) is 57.6 cm³/mol. The number of carbonyl (C=O) groups is 1. The fourth-order valence-corrected chi connectivity index (χ4v) is 1.61. The first-order valence-electron chi connectivity index (χ1n) is 5.07. The van der Waals surface area contributed by atoms with Gasteiger partial charge in [0, 0.05) is 6.42 Å². The summed E-state index contributed by atoms with van der Waals surface area (Å²) in [5, 5.41) is 0. The molecule has 1 aromatic rings. The summed E-state index contributed by atoms with van der Waals surface area (Å²) in [4.78, 5) is 11.1. The van der Waals surface area contributed by atoms with Crippen LogP contribution in [0.1, 0.15) is 11.1 Å². The fraction of sp³-hybridized carbons (Fsp3) is 0.364. The van der Waals surface area contributed by atoms with E-state index in [0.29, 0.717) is 6.07 Å². The molecule has 112 valence electrons. The number of halogens is 7.